The average Bonchev–Trinajstić information content (AvgIpc) is 2.59. The van der Waals surface area contributed by atoms with Crippen LogP contribution >= 0.6 is 0 Å². The first-order chi connectivity index (χ1) is 7.40. The van der Waals surface area contributed by atoms with Crippen LogP contribution in [0.25, 0.3) is 0 Å². The van der Waals surface area contributed by atoms with Crippen LogP contribution in [-0.2, 0) is 13.1 Å². The lowest BCUT2D eigenvalue weighted by atomic mass is 10.2. The summed E-state index contributed by atoms with van der Waals surface area (Å²) in [7, 11) is 0. The van der Waals surface area contributed by atoms with E-state index in [9.17, 15) is 13.2 Å². The number of hydrogen-bond acceptors (Lipinski definition) is 3. The molecular weight excluding hydrogens is 221 g/mol. The lowest BCUT2D eigenvalue weighted by molar-refractivity contribution is -0.139. The van der Waals surface area contributed by atoms with Crippen LogP contribution < -0.4 is 11.1 Å². The first-order valence-corrected chi connectivity index (χ1v) is 4.98. The van der Waals surface area contributed by atoms with Gasteiger partial charge in [-0.15, -0.1) is 0 Å². The highest BCUT2D eigenvalue weighted by atomic mass is 19.4. The molecule has 16 heavy (non-hydrogen) atoms. The fourth-order valence-corrected chi connectivity index (χ4v) is 1.32. The first-order valence-electron chi connectivity index (χ1n) is 4.98. The molecule has 0 saturated heterocycles. The second-order valence-electron chi connectivity index (χ2n) is 3.67. The third kappa shape index (κ3) is 4.67. The molecule has 1 rings (SSSR count). The smallest absolute Gasteiger partial charge is 0.390 e. The number of alkyl halides is 3. The minimum atomic E-state index is -4.14. The van der Waals surface area contributed by atoms with E-state index < -0.39 is 18.6 Å². The Morgan fingerprint density at radius 1 is 1.38 bits per heavy atom. The molecule has 0 spiro atoms. The maximum Gasteiger partial charge on any atom is 0.390 e. The number of furan rings is 1. The molecule has 1 unspecified atom stereocenters. The summed E-state index contributed by atoms with van der Waals surface area (Å²) in [5, 5.41) is 2.74. The van der Waals surface area contributed by atoms with Crippen molar-refractivity contribution < 1.29 is 17.6 Å². The summed E-state index contributed by atoms with van der Waals surface area (Å²) in [4.78, 5) is 0. The fraction of sp³-hybridized carbons (Fsp3) is 0.600. The van der Waals surface area contributed by atoms with Crippen LogP contribution in [-0.4, -0.2) is 12.2 Å². The van der Waals surface area contributed by atoms with Crippen LogP contribution in [0.3, 0.4) is 0 Å². The zero-order valence-electron chi connectivity index (χ0n) is 8.97. The summed E-state index contributed by atoms with van der Waals surface area (Å²) in [6, 6.07) is 2.78. The number of halogens is 3. The maximum atomic E-state index is 12.0. The van der Waals surface area contributed by atoms with Crippen LogP contribution in [0.1, 0.15) is 24.9 Å². The van der Waals surface area contributed by atoms with Crippen molar-refractivity contribution in [2.24, 2.45) is 5.73 Å². The van der Waals surface area contributed by atoms with Crippen molar-refractivity contribution in [3.05, 3.63) is 23.7 Å². The Hall–Kier alpha value is -1.01. The predicted octanol–water partition coefficient (Wildman–Crippen LogP) is 2.17. The van der Waals surface area contributed by atoms with Crippen molar-refractivity contribution in [1.29, 1.82) is 0 Å². The second kappa shape index (κ2) is 5.36. The van der Waals surface area contributed by atoms with Gasteiger partial charge in [0, 0.05) is 6.04 Å². The molecule has 0 aliphatic carbocycles. The van der Waals surface area contributed by atoms with E-state index in [2.05, 4.69) is 5.32 Å². The largest absolute Gasteiger partial charge is 0.463 e. The molecule has 0 saturated carbocycles. The lowest BCUT2D eigenvalue weighted by Gasteiger charge is -2.14. The van der Waals surface area contributed by atoms with Gasteiger partial charge in [0.15, 0.2) is 0 Å². The minimum absolute atomic E-state index is 0.275. The quantitative estimate of drug-likeness (QED) is 0.823. The Labute approximate surface area is 91.8 Å². The van der Waals surface area contributed by atoms with Crippen LogP contribution in [0, 0.1) is 0 Å². The summed E-state index contributed by atoms with van der Waals surface area (Å²) in [5.41, 5.74) is 5.34. The zero-order chi connectivity index (χ0) is 12.2. The molecule has 92 valence electrons. The van der Waals surface area contributed by atoms with E-state index in [0.29, 0.717) is 11.5 Å². The van der Waals surface area contributed by atoms with Crippen molar-refractivity contribution in [2.45, 2.75) is 38.7 Å². The second-order valence-corrected chi connectivity index (χ2v) is 3.67. The summed E-state index contributed by atoms with van der Waals surface area (Å²) in [6.45, 7) is 2.05. The molecule has 1 aromatic heterocycles. The van der Waals surface area contributed by atoms with Gasteiger partial charge in [-0.05, 0) is 19.1 Å². The average molecular weight is 236 g/mol. The van der Waals surface area contributed by atoms with Crippen LogP contribution in [0.15, 0.2) is 16.5 Å². The third-order valence-corrected chi connectivity index (χ3v) is 2.08. The van der Waals surface area contributed by atoms with Crippen molar-refractivity contribution in [3.63, 3.8) is 0 Å². The van der Waals surface area contributed by atoms with Gasteiger partial charge in [0.05, 0.1) is 19.5 Å². The molecule has 0 aromatic carbocycles. The van der Waals surface area contributed by atoms with Crippen LogP contribution in [0.2, 0.25) is 0 Å². The summed E-state index contributed by atoms with van der Waals surface area (Å²) in [6.07, 6.45) is -4.99. The number of rotatable bonds is 5. The Balaban J connectivity index is 2.34. The van der Waals surface area contributed by atoms with Crippen molar-refractivity contribution in [2.75, 3.05) is 0 Å². The van der Waals surface area contributed by atoms with Gasteiger partial charge in [-0.2, -0.15) is 13.2 Å². The summed E-state index contributed by atoms with van der Waals surface area (Å²) < 4.78 is 41.3. The molecule has 1 aromatic rings. The molecule has 0 fully saturated rings. The van der Waals surface area contributed by atoms with Crippen LogP contribution in [0.4, 0.5) is 13.2 Å². The monoisotopic (exact) mass is 236 g/mol. The molecule has 0 aliphatic heterocycles. The number of nitrogens with one attached hydrogen (secondary N) is 1. The van der Waals surface area contributed by atoms with Gasteiger partial charge >= 0.3 is 6.18 Å². The molecule has 1 atom stereocenters. The van der Waals surface area contributed by atoms with Gasteiger partial charge in [-0.3, -0.25) is 0 Å². The van der Waals surface area contributed by atoms with E-state index in [1.54, 1.807) is 12.1 Å². The molecule has 0 amide bonds. The fourth-order valence-electron chi connectivity index (χ4n) is 1.32. The Bertz CT molecular complexity index is 322. The van der Waals surface area contributed by atoms with Crippen molar-refractivity contribution in [3.8, 4) is 0 Å². The normalized spacial score (nSPS) is 14.1. The Morgan fingerprint density at radius 2 is 2.00 bits per heavy atom. The summed E-state index contributed by atoms with van der Waals surface area (Å²) >= 11 is 0. The van der Waals surface area contributed by atoms with Crippen molar-refractivity contribution >= 4 is 0 Å². The summed E-state index contributed by atoms with van der Waals surface area (Å²) in [5.74, 6) is 1.22. The van der Waals surface area contributed by atoms with Gasteiger partial charge in [0.1, 0.15) is 11.5 Å². The van der Waals surface area contributed by atoms with Crippen LogP contribution in [0.5, 0.6) is 0 Å². The Morgan fingerprint density at radius 3 is 2.50 bits per heavy atom. The van der Waals surface area contributed by atoms with Gasteiger partial charge in [-0.1, -0.05) is 0 Å². The number of hydrogen-bond donors (Lipinski definition) is 2. The minimum Gasteiger partial charge on any atom is -0.463 e. The molecular formula is C10H15F3N2O. The highest BCUT2D eigenvalue weighted by molar-refractivity contribution is 5.06. The molecule has 0 radical (unpaired) electrons. The van der Waals surface area contributed by atoms with E-state index >= 15 is 0 Å². The first kappa shape index (κ1) is 13.1. The molecule has 3 nitrogen and oxygen atoms in total. The maximum absolute atomic E-state index is 12.0. The third-order valence-electron chi connectivity index (χ3n) is 2.08. The van der Waals surface area contributed by atoms with E-state index in [0.717, 1.165) is 0 Å². The molecule has 6 heteroatoms. The topological polar surface area (TPSA) is 51.2 Å². The standard InChI is InChI=1S/C10H15F3N2O/c1-7(4-10(11,12)13)15-6-9-3-2-8(5-14)16-9/h2-3,7,15H,4-6,14H2,1H3. The van der Waals surface area contributed by atoms with Crippen molar-refractivity contribution in [1.82, 2.24) is 5.32 Å². The highest BCUT2D eigenvalue weighted by Gasteiger charge is 2.29. The number of nitrogens with two attached hydrogens (primary N) is 1. The predicted molar refractivity (Wildman–Crippen MR) is 53.6 cm³/mol. The van der Waals surface area contributed by atoms with Gasteiger partial charge in [0.25, 0.3) is 0 Å². The van der Waals surface area contributed by atoms with E-state index in [1.165, 1.54) is 6.92 Å². The Kier molecular flexibility index (Phi) is 4.37. The van der Waals surface area contributed by atoms with E-state index in [1.807, 2.05) is 0 Å². The van der Waals surface area contributed by atoms with E-state index in [-0.39, 0.29) is 13.1 Å². The van der Waals surface area contributed by atoms with Gasteiger partial charge in [-0.25, -0.2) is 0 Å². The highest BCUT2D eigenvalue weighted by Crippen LogP contribution is 2.21. The van der Waals surface area contributed by atoms with Gasteiger partial charge in [0.2, 0.25) is 0 Å². The SMILES string of the molecule is CC(CC(F)(F)F)NCc1ccc(CN)o1. The van der Waals surface area contributed by atoms with Gasteiger partial charge < -0.3 is 15.5 Å². The van der Waals surface area contributed by atoms with E-state index in [4.69, 9.17) is 10.2 Å². The molecule has 1 heterocycles. The zero-order valence-corrected chi connectivity index (χ0v) is 8.97. The molecule has 3 N–H and O–H groups in total. The molecule has 0 aliphatic rings. The molecule has 0 bridgehead atoms. The lowest BCUT2D eigenvalue weighted by Crippen LogP contribution is -2.30.